The van der Waals surface area contributed by atoms with Crippen LogP contribution in [0.2, 0.25) is 0 Å². The van der Waals surface area contributed by atoms with Crippen molar-refractivity contribution < 1.29 is 14.3 Å². The van der Waals surface area contributed by atoms with Crippen molar-refractivity contribution in [1.29, 1.82) is 0 Å². The molecule has 1 aliphatic heterocycles. The van der Waals surface area contributed by atoms with Gasteiger partial charge in [-0.3, -0.25) is 14.3 Å². The predicted octanol–water partition coefficient (Wildman–Crippen LogP) is 2.91. The van der Waals surface area contributed by atoms with E-state index in [0.717, 1.165) is 15.2 Å². The molecular weight excluding hydrogens is 424 g/mol. The minimum absolute atomic E-state index is 0.0118. The third kappa shape index (κ3) is 4.07. The maximum Gasteiger partial charge on any atom is 0.256 e. The number of aromatic nitrogens is 2. The van der Waals surface area contributed by atoms with Gasteiger partial charge < -0.3 is 15.0 Å². The van der Waals surface area contributed by atoms with Crippen molar-refractivity contribution >= 4 is 44.2 Å². The summed E-state index contributed by atoms with van der Waals surface area (Å²) in [6, 6.07) is 11.5. The molecule has 0 radical (unpaired) electrons. The first-order valence-corrected chi connectivity index (χ1v) is 9.77. The summed E-state index contributed by atoms with van der Waals surface area (Å²) < 4.78 is 7.63. The van der Waals surface area contributed by atoms with E-state index in [0.29, 0.717) is 37.6 Å². The zero-order valence-corrected chi connectivity index (χ0v) is 16.7. The van der Waals surface area contributed by atoms with Crippen molar-refractivity contribution in [2.75, 3.05) is 31.6 Å². The van der Waals surface area contributed by atoms with E-state index >= 15 is 0 Å². The Morgan fingerprint density at radius 3 is 2.79 bits per heavy atom. The number of nitrogens with zero attached hydrogens (tertiary/aromatic N) is 3. The number of carbonyl (C=O) groups is 2. The average Bonchev–Trinajstić information content (AvgIpc) is 3.14. The number of halogens is 1. The van der Waals surface area contributed by atoms with Crippen molar-refractivity contribution in [1.82, 2.24) is 14.7 Å². The van der Waals surface area contributed by atoms with Crippen LogP contribution in [0.5, 0.6) is 0 Å². The van der Waals surface area contributed by atoms with E-state index in [1.807, 2.05) is 30.3 Å². The normalized spacial score (nSPS) is 14.2. The van der Waals surface area contributed by atoms with Crippen molar-refractivity contribution in [2.24, 2.45) is 0 Å². The van der Waals surface area contributed by atoms with Crippen LogP contribution in [0, 0.1) is 0 Å². The van der Waals surface area contributed by atoms with Gasteiger partial charge in [0, 0.05) is 29.3 Å². The fraction of sp³-hybridized carbons (Fsp3) is 0.250. The molecule has 0 aliphatic carbocycles. The number of rotatable bonds is 4. The Kier molecular flexibility index (Phi) is 5.40. The molecule has 0 saturated carbocycles. The minimum Gasteiger partial charge on any atom is -0.378 e. The Balaban J connectivity index is 1.47. The fourth-order valence-corrected chi connectivity index (χ4v) is 3.70. The number of ether oxygens (including phenoxy) is 1. The maximum absolute atomic E-state index is 12.8. The van der Waals surface area contributed by atoms with Gasteiger partial charge in [-0.1, -0.05) is 40.2 Å². The van der Waals surface area contributed by atoms with Crippen molar-refractivity contribution in [3.05, 3.63) is 58.8 Å². The summed E-state index contributed by atoms with van der Waals surface area (Å²) in [6.45, 7) is 2.45. The van der Waals surface area contributed by atoms with Crippen LogP contribution in [-0.2, 0) is 16.1 Å². The maximum atomic E-state index is 12.8. The number of nitrogens with one attached hydrogen (secondary N) is 1. The van der Waals surface area contributed by atoms with Crippen LogP contribution in [0.15, 0.2) is 53.3 Å². The Morgan fingerprint density at radius 1 is 1.18 bits per heavy atom. The van der Waals surface area contributed by atoms with Gasteiger partial charge in [0.05, 0.1) is 25.1 Å². The number of benzene rings is 2. The minimum atomic E-state index is -0.225. The molecular formula is C20H19BrN4O3. The van der Waals surface area contributed by atoms with Crippen molar-refractivity contribution in [3.63, 3.8) is 0 Å². The Labute approximate surface area is 170 Å². The van der Waals surface area contributed by atoms with Gasteiger partial charge in [0.25, 0.3) is 5.91 Å². The summed E-state index contributed by atoms with van der Waals surface area (Å²) in [4.78, 5) is 26.9. The number of carbonyl (C=O) groups excluding carboxylic acids is 2. The largest absolute Gasteiger partial charge is 0.378 e. The Morgan fingerprint density at radius 2 is 1.96 bits per heavy atom. The quantitative estimate of drug-likeness (QED) is 0.673. The summed E-state index contributed by atoms with van der Waals surface area (Å²) in [6.07, 6.45) is 3.21. The molecule has 0 unspecified atom stereocenters. The van der Waals surface area contributed by atoms with E-state index < -0.39 is 0 Å². The van der Waals surface area contributed by atoms with E-state index in [1.54, 1.807) is 23.4 Å². The van der Waals surface area contributed by atoms with Crippen LogP contribution in [-0.4, -0.2) is 52.8 Å². The molecule has 4 rings (SSSR count). The van der Waals surface area contributed by atoms with E-state index in [4.69, 9.17) is 4.74 Å². The molecule has 8 heteroatoms. The lowest BCUT2D eigenvalue weighted by Crippen LogP contribution is -2.42. The number of amides is 2. The highest BCUT2D eigenvalue weighted by molar-refractivity contribution is 9.10. The van der Waals surface area contributed by atoms with Gasteiger partial charge in [-0.25, -0.2) is 0 Å². The van der Waals surface area contributed by atoms with Gasteiger partial charge in [0.15, 0.2) is 0 Å². The molecule has 1 saturated heterocycles. The first-order valence-electron chi connectivity index (χ1n) is 8.98. The van der Waals surface area contributed by atoms with E-state index in [9.17, 15) is 9.59 Å². The van der Waals surface area contributed by atoms with E-state index in [2.05, 4.69) is 26.3 Å². The molecule has 144 valence electrons. The highest BCUT2D eigenvalue weighted by atomic mass is 79.9. The zero-order valence-electron chi connectivity index (χ0n) is 15.1. The molecule has 0 atom stereocenters. The van der Waals surface area contributed by atoms with Crippen LogP contribution in [0.1, 0.15) is 10.4 Å². The number of fused-ring (bicyclic) bond motifs is 1. The van der Waals surface area contributed by atoms with E-state index in [-0.39, 0.29) is 18.4 Å². The molecule has 3 aromatic rings. The number of hydrogen-bond acceptors (Lipinski definition) is 4. The molecule has 28 heavy (non-hydrogen) atoms. The van der Waals surface area contributed by atoms with E-state index in [1.165, 1.54) is 4.68 Å². The molecule has 2 heterocycles. The Bertz CT molecular complexity index is 1030. The van der Waals surface area contributed by atoms with Crippen LogP contribution in [0.25, 0.3) is 10.8 Å². The monoisotopic (exact) mass is 442 g/mol. The van der Waals surface area contributed by atoms with Crippen LogP contribution < -0.4 is 5.32 Å². The lowest BCUT2D eigenvalue weighted by Gasteiger charge is -2.26. The Hall–Kier alpha value is -2.71. The summed E-state index contributed by atoms with van der Waals surface area (Å²) >= 11 is 3.46. The number of hydrogen-bond donors (Lipinski definition) is 1. The fourth-order valence-electron chi connectivity index (χ4n) is 3.23. The lowest BCUT2D eigenvalue weighted by molar-refractivity contribution is -0.136. The van der Waals surface area contributed by atoms with Crippen LogP contribution in [0.4, 0.5) is 5.69 Å². The molecule has 2 aromatic carbocycles. The van der Waals surface area contributed by atoms with Gasteiger partial charge >= 0.3 is 0 Å². The highest BCUT2D eigenvalue weighted by Crippen LogP contribution is 2.25. The SMILES string of the molecule is O=C(Nc1cnn(CC(=O)N2CCOCC2)c1)c1cc(Br)cc2ccccc12. The lowest BCUT2D eigenvalue weighted by atomic mass is 10.0. The summed E-state index contributed by atoms with van der Waals surface area (Å²) in [5, 5.41) is 8.91. The topological polar surface area (TPSA) is 76.5 Å². The molecule has 1 N–H and O–H groups in total. The molecule has 7 nitrogen and oxygen atoms in total. The molecule has 1 aliphatic rings. The van der Waals surface area contributed by atoms with Crippen molar-refractivity contribution in [2.45, 2.75) is 6.54 Å². The predicted molar refractivity (Wildman–Crippen MR) is 109 cm³/mol. The number of anilines is 1. The first kappa shape index (κ1) is 18.6. The number of morpholine rings is 1. The second-order valence-electron chi connectivity index (χ2n) is 6.55. The van der Waals surface area contributed by atoms with Crippen molar-refractivity contribution in [3.8, 4) is 0 Å². The van der Waals surface area contributed by atoms with Gasteiger partial charge in [-0.15, -0.1) is 0 Å². The molecule has 1 fully saturated rings. The van der Waals surface area contributed by atoms with Gasteiger partial charge in [0.1, 0.15) is 6.54 Å². The van der Waals surface area contributed by atoms with Crippen LogP contribution >= 0.6 is 15.9 Å². The molecule has 0 spiro atoms. The van der Waals surface area contributed by atoms with Gasteiger partial charge in [0.2, 0.25) is 5.91 Å². The smallest absolute Gasteiger partial charge is 0.256 e. The van der Waals surface area contributed by atoms with Crippen LogP contribution in [0.3, 0.4) is 0 Å². The zero-order chi connectivity index (χ0) is 19.5. The highest BCUT2D eigenvalue weighted by Gasteiger charge is 2.18. The third-order valence-corrected chi connectivity index (χ3v) is 5.08. The first-order chi connectivity index (χ1) is 13.6. The van der Waals surface area contributed by atoms with Gasteiger partial charge in [-0.2, -0.15) is 5.10 Å². The molecule has 1 aromatic heterocycles. The van der Waals surface area contributed by atoms with Gasteiger partial charge in [-0.05, 0) is 22.9 Å². The summed E-state index contributed by atoms with van der Waals surface area (Å²) in [7, 11) is 0. The standard InChI is InChI=1S/C20H19BrN4O3/c21-15-9-14-3-1-2-4-17(14)18(10-15)20(27)23-16-11-22-25(12-16)13-19(26)24-5-7-28-8-6-24/h1-4,9-12H,5-8,13H2,(H,23,27). The molecule has 0 bridgehead atoms. The third-order valence-electron chi connectivity index (χ3n) is 4.62. The average molecular weight is 443 g/mol. The summed E-state index contributed by atoms with van der Waals surface area (Å²) in [5.41, 5.74) is 1.12. The molecule has 2 amide bonds. The summed E-state index contributed by atoms with van der Waals surface area (Å²) in [5.74, 6) is -0.237. The second-order valence-corrected chi connectivity index (χ2v) is 7.46. The second kappa shape index (κ2) is 8.12.